The summed E-state index contributed by atoms with van der Waals surface area (Å²) in [5.41, 5.74) is -7.33. The standard InChI is InChI=1S/C29H36O11/c1-13(30)39-27-12-24(2)19(17(32)23(34)36-5)26(27,4)15-6-8-25(3)22(14-7-9-37-11-14)38-16(31)10-28(25)29(15,35)20(27)18(40-28)21(24)33/h7,9,11,15,17-22,32-33,35H,6,8,10,12H2,1-5H3/t15-,17+,18+,19+,20-,21-,22+,24+,25+,26+,27-,28+,29-/m1/s1. The highest BCUT2D eigenvalue weighted by atomic mass is 16.6. The molecule has 13 atom stereocenters. The van der Waals surface area contributed by atoms with Crippen molar-refractivity contribution in [2.24, 2.45) is 34.0 Å². The highest BCUT2D eigenvalue weighted by Gasteiger charge is 2.96. The summed E-state index contributed by atoms with van der Waals surface area (Å²) in [6, 6.07) is 1.72. The summed E-state index contributed by atoms with van der Waals surface area (Å²) in [4.78, 5) is 39.0. The molecule has 0 radical (unpaired) electrons. The molecule has 4 saturated carbocycles. The fourth-order valence-corrected chi connectivity index (χ4v) is 11.4. The van der Waals surface area contributed by atoms with Gasteiger partial charge in [0.1, 0.15) is 22.9 Å². The molecule has 0 amide bonds. The number of rotatable bonds is 4. The average Bonchev–Trinajstić information content (AvgIpc) is 3.57. The Morgan fingerprint density at radius 1 is 1.23 bits per heavy atom. The Morgan fingerprint density at radius 3 is 2.58 bits per heavy atom. The van der Waals surface area contributed by atoms with Crippen LogP contribution in [0.25, 0.3) is 0 Å². The third-order valence-corrected chi connectivity index (χ3v) is 12.5. The number of carbonyl (C=O) groups excluding carboxylic acids is 3. The summed E-state index contributed by atoms with van der Waals surface area (Å²) in [6.07, 6.45) is -1.08. The van der Waals surface area contributed by atoms with E-state index in [9.17, 15) is 29.7 Å². The first-order valence-corrected chi connectivity index (χ1v) is 13.9. The lowest BCUT2D eigenvalue weighted by Gasteiger charge is -2.63. The zero-order chi connectivity index (χ0) is 28.8. The van der Waals surface area contributed by atoms with E-state index in [0.717, 1.165) is 0 Å². The molecule has 6 fully saturated rings. The van der Waals surface area contributed by atoms with Crippen molar-refractivity contribution >= 4 is 17.9 Å². The van der Waals surface area contributed by atoms with Crippen molar-refractivity contribution in [2.75, 3.05) is 7.11 Å². The number of hydrogen-bond acceptors (Lipinski definition) is 11. The summed E-state index contributed by atoms with van der Waals surface area (Å²) in [5, 5.41) is 36.8. The minimum atomic E-state index is -1.77. The van der Waals surface area contributed by atoms with E-state index in [4.69, 9.17) is 23.4 Å². The van der Waals surface area contributed by atoms with Gasteiger partial charge >= 0.3 is 17.9 Å². The highest BCUT2D eigenvalue weighted by molar-refractivity contribution is 5.76. The van der Waals surface area contributed by atoms with E-state index in [1.807, 2.05) is 13.8 Å². The van der Waals surface area contributed by atoms with Crippen LogP contribution in [0.3, 0.4) is 0 Å². The Labute approximate surface area is 231 Å². The molecule has 6 aliphatic rings. The molecule has 1 aromatic rings. The van der Waals surface area contributed by atoms with Crippen LogP contribution in [0.1, 0.15) is 65.0 Å². The summed E-state index contributed by atoms with van der Waals surface area (Å²) >= 11 is 0. The normalized spacial score (nSPS) is 54.0. The van der Waals surface area contributed by atoms with Gasteiger partial charge in [0, 0.05) is 40.6 Å². The van der Waals surface area contributed by atoms with Crippen molar-refractivity contribution < 1.29 is 53.1 Å². The first kappa shape index (κ1) is 26.4. The summed E-state index contributed by atoms with van der Waals surface area (Å²) in [7, 11) is 1.18. The number of aliphatic hydroxyl groups is 3. The fourth-order valence-electron chi connectivity index (χ4n) is 11.4. The molecule has 2 saturated heterocycles. The molecule has 11 nitrogen and oxygen atoms in total. The minimum Gasteiger partial charge on any atom is -0.472 e. The second-order valence-electron chi connectivity index (χ2n) is 13.7. The number of hydrogen-bond donors (Lipinski definition) is 3. The molecule has 3 heterocycles. The van der Waals surface area contributed by atoms with Crippen LogP contribution < -0.4 is 0 Å². The van der Waals surface area contributed by atoms with Crippen LogP contribution in [0.2, 0.25) is 0 Å². The van der Waals surface area contributed by atoms with E-state index in [2.05, 4.69) is 0 Å². The van der Waals surface area contributed by atoms with Crippen LogP contribution in [-0.2, 0) is 33.3 Å². The first-order chi connectivity index (χ1) is 18.7. The second-order valence-corrected chi connectivity index (χ2v) is 13.7. The Morgan fingerprint density at radius 2 is 1.95 bits per heavy atom. The topological polar surface area (TPSA) is 162 Å². The molecule has 11 heteroatoms. The lowest BCUT2D eigenvalue weighted by Crippen LogP contribution is -2.72. The van der Waals surface area contributed by atoms with Gasteiger partial charge in [0.15, 0.2) is 6.10 Å². The molecule has 1 spiro atoms. The van der Waals surface area contributed by atoms with Gasteiger partial charge in [-0.2, -0.15) is 0 Å². The zero-order valence-electron chi connectivity index (χ0n) is 23.2. The summed E-state index contributed by atoms with van der Waals surface area (Å²) in [5.74, 6) is -4.54. The molecule has 7 rings (SSSR count). The molecule has 3 N–H and O–H groups in total. The summed E-state index contributed by atoms with van der Waals surface area (Å²) in [6.45, 7) is 6.83. The van der Waals surface area contributed by atoms with Crippen LogP contribution in [0.15, 0.2) is 23.0 Å². The van der Waals surface area contributed by atoms with E-state index in [1.54, 1.807) is 13.0 Å². The van der Waals surface area contributed by atoms with Crippen molar-refractivity contribution in [3.05, 3.63) is 24.2 Å². The van der Waals surface area contributed by atoms with Gasteiger partial charge in [-0.05, 0) is 25.3 Å². The SMILES string of the molecule is COC(=O)[C@@H](O)[C@H]1[C@]2(C)C[C@@]3(OC(C)=O)[C@H]4[C@H](O[C@@]56CC(=O)O[C@@H](c7ccoc7)[C@]5(C)CC[C@H]([C@@]13C)[C@@]46O)[C@H]2O. The largest absolute Gasteiger partial charge is 0.472 e. The Hall–Kier alpha value is -2.47. The van der Waals surface area contributed by atoms with E-state index in [0.29, 0.717) is 18.4 Å². The highest BCUT2D eigenvalue weighted by Crippen LogP contribution is 2.86. The van der Waals surface area contributed by atoms with E-state index in [-0.39, 0.29) is 12.8 Å². The number of aliphatic hydroxyl groups excluding tert-OH is 2. The number of ether oxygens (including phenoxy) is 4. The number of furan rings is 1. The molecule has 0 unspecified atom stereocenters. The van der Waals surface area contributed by atoms with Gasteiger partial charge in [0.25, 0.3) is 0 Å². The predicted molar refractivity (Wildman–Crippen MR) is 132 cm³/mol. The predicted octanol–water partition coefficient (Wildman–Crippen LogP) is 1.43. The molecule has 218 valence electrons. The van der Waals surface area contributed by atoms with Crippen LogP contribution in [0, 0.1) is 34.0 Å². The maximum atomic E-state index is 13.4. The minimum absolute atomic E-state index is 0.0989. The van der Waals surface area contributed by atoms with E-state index in [1.165, 1.54) is 26.6 Å². The van der Waals surface area contributed by atoms with Gasteiger partial charge < -0.3 is 38.7 Å². The maximum Gasteiger partial charge on any atom is 0.335 e. The van der Waals surface area contributed by atoms with E-state index >= 15 is 0 Å². The molecule has 40 heavy (non-hydrogen) atoms. The number of carbonyl (C=O) groups is 3. The van der Waals surface area contributed by atoms with Gasteiger partial charge in [-0.15, -0.1) is 0 Å². The van der Waals surface area contributed by atoms with Gasteiger partial charge in [-0.3, -0.25) is 9.59 Å². The zero-order valence-corrected chi connectivity index (χ0v) is 23.2. The van der Waals surface area contributed by atoms with Crippen molar-refractivity contribution in [2.45, 2.75) is 94.6 Å². The molecular formula is C29H36O11. The third-order valence-electron chi connectivity index (χ3n) is 12.5. The Bertz CT molecular complexity index is 1310. The monoisotopic (exact) mass is 560 g/mol. The molecule has 4 aliphatic carbocycles. The van der Waals surface area contributed by atoms with Crippen molar-refractivity contribution in [1.29, 1.82) is 0 Å². The quantitative estimate of drug-likeness (QED) is 0.361. The fraction of sp³-hybridized carbons (Fsp3) is 0.759. The van der Waals surface area contributed by atoms with Crippen molar-refractivity contribution in [3.63, 3.8) is 0 Å². The van der Waals surface area contributed by atoms with Gasteiger partial charge in [0.05, 0.1) is 44.2 Å². The number of esters is 3. The lowest BCUT2D eigenvalue weighted by atomic mass is 9.45. The number of fused-ring (bicyclic) bond motifs is 2. The third kappa shape index (κ3) is 2.41. The maximum absolute atomic E-state index is 13.4. The molecule has 2 bridgehead atoms. The number of cyclic esters (lactones) is 1. The lowest BCUT2D eigenvalue weighted by molar-refractivity contribution is -0.298. The molecule has 1 aromatic heterocycles. The molecule has 0 aromatic carbocycles. The van der Waals surface area contributed by atoms with Gasteiger partial charge in [-0.1, -0.05) is 20.8 Å². The second kappa shape index (κ2) is 7.48. The number of methoxy groups -OCH3 is 1. The smallest absolute Gasteiger partial charge is 0.335 e. The van der Waals surface area contributed by atoms with Crippen LogP contribution in [0.5, 0.6) is 0 Å². The Balaban J connectivity index is 1.52. The summed E-state index contributed by atoms with van der Waals surface area (Å²) < 4.78 is 29.3. The van der Waals surface area contributed by atoms with Crippen molar-refractivity contribution in [3.8, 4) is 0 Å². The molecule has 2 aliphatic heterocycles. The van der Waals surface area contributed by atoms with Crippen LogP contribution in [-0.4, -0.2) is 75.5 Å². The van der Waals surface area contributed by atoms with Crippen LogP contribution >= 0.6 is 0 Å². The first-order valence-electron chi connectivity index (χ1n) is 13.9. The Kier molecular flexibility index (Phi) is 4.94. The van der Waals surface area contributed by atoms with Crippen molar-refractivity contribution in [1.82, 2.24) is 0 Å². The van der Waals surface area contributed by atoms with Gasteiger partial charge in [-0.25, -0.2) is 4.79 Å². The molecular weight excluding hydrogens is 524 g/mol. The van der Waals surface area contributed by atoms with Crippen LogP contribution in [0.4, 0.5) is 0 Å². The average molecular weight is 561 g/mol. The van der Waals surface area contributed by atoms with E-state index < -0.39 is 93.1 Å². The van der Waals surface area contributed by atoms with Gasteiger partial charge in [0.2, 0.25) is 0 Å².